The number of unbranched alkanes of at least 4 members (excludes halogenated alkanes) is 7. The predicted octanol–water partition coefficient (Wildman–Crippen LogP) is 4.86. The molecule has 1 heterocycles. The molecule has 1 unspecified atom stereocenters. The molecule has 2 heteroatoms. The van der Waals surface area contributed by atoms with Gasteiger partial charge < -0.3 is 5.32 Å². The van der Waals surface area contributed by atoms with E-state index in [0.717, 1.165) is 5.92 Å². The standard InChI is InChI=1S/C16H33NS/c1-2-3-4-5-6-7-8-9-12-17-14-16-11-10-13-18-15-16/h16-17H,2-15H2,1H3. The van der Waals surface area contributed by atoms with E-state index in [1.165, 1.54) is 88.8 Å². The number of rotatable bonds is 11. The SMILES string of the molecule is CCCCCCCCCCNCC1CCCSC1. The van der Waals surface area contributed by atoms with Gasteiger partial charge in [-0.1, -0.05) is 51.9 Å². The van der Waals surface area contributed by atoms with Gasteiger partial charge in [-0.25, -0.2) is 0 Å². The molecule has 0 aromatic rings. The highest BCUT2D eigenvalue weighted by molar-refractivity contribution is 7.99. The summed E-state index contributed by atoms with van der Waals surface area (Å²) in [4.78, 5) is 0. The van der Waals surface area contributed by atoms with E-state index in [0.29, 0.717) is 0 Å². The zero-order valence-electron chi connectivity index (χ0n) is 12.4. The Morgan fingerprint density at radius 1 is 1.00 bits per heavy atom. The van der Waals surface area contributed by atoms with Crippen molar-refractivity contribution in [3.63, 3.8) is 0 Å². The van der Waals surface area contributed by atoms with Crippen molar-refractivity contribution < 1.29 is 0 Å². The first-order chi connectivity index (χ1) is 8.93. The number of hydrogen-bond donors (Lipinski definition) is 1. The van der Waals surface area contributed by atoms with Crippen LogP contribution in [0.25, 0.3) is 0 Å². The molecule has 1 saturated heterocycles. The highest BCUT2D eigenvalue weighted by Gasteiger charge is 2.12. The van der Waals surface area contributed by atoms with Gasteiger partial charge in [-0.05, 0) is 49.8 Å². The van der Waals surface area contributed by atoms with Crippen molar-refractivity contribution in [2.75, 3.05) is 24.6 Å². The van der Waals surface area contributed by atoms with Crippen molar-refractivity contribution in [2.45, 2.75) is 71.1 Å². The fourth-order valence-electron chi connectivity index (χ4n) is 2.66. The van der Waals surface area contributed by atoms with Gasteiger partial charge in [-0.2, -0.15) is 11.8 Å². The molecule has 0 aromatic heterocycles. The Bertz CT molecular complexity index is 166. The van der Waals surface area contributed by atoms with Crippen LogP contribution in [0.5, 0.6) is 0 Å². The van der Waals surface area contributed by atoms with E-state index < -0.39 is 0 Å². The molecule has 0 aliphatic carbocycles. The lowest BCUT2D eigenvalue weighted by molar-refractivity contribution is 0.466. The monoisotopic (exact) mass is 271 g/mol. The summed E-state index contributed by atoms with van der Waals surface area (Å²) < 4.78 is 0. The summed E-state index contributed by atoms with van der Waals surface area (Å²) in [6, 6.07) is 0. The third kappa shape index (κ3) is 9.27. The molecule has 0 amide bonds. The van der Waals surface area contributed by atoms with Crippen molar-refractivity contribution in [2.24, 2.45) is 5.92 Å². The third-order valence-electron chi connectivity index (χ3n) is 3.89. The molecule has 0 radical (unpaired) electrons. The lowest BCUT2D eigenvalue weighted by atomic mass is 10.1. The molecular weight excluding hydrogens is 238 g/mol. The molecular formula is C16H33NS. The van der Waals surface area contributed by atoms with Crippen molar-refractivity contribution in [3.8, 4) is 0 Å². The van der Waals surface area contributed by atoms with Crippen LogP contribution in [-0.4, -0.2) is 24.6 Å². The Labute approximate surface area is 119 Å². The first-order valence-corrected chi connectivity index (χ1v) is 9.37. The second kappa shape index (κ2) is 12.3. The largest absolute Gasteiger partial charge is 0.316 e. The van der Waals surface area contributed by atoms with Crippen LogP contribution in [-0.2, 0) is 0 Å². The maximum Gasteiger partial charge on any atom is -0.00126 e. The van der Waals surface area contributed by atoms with Gasteiger partial charge >= 0.3 is 0 Å². The lowest BCUT2D eigenvalue weighted by Crippen LogP contribution is -2.27. The van der Waals surface area contributed by atoms with Gasteiger partial charge in [0.2, 0.25) is 0 Å². The maximum atomic E-state index is 3.65. The van der Waals surface area contributed by atoms with Crippen LogP contribution in [0.3, 0.4) is 0 Å². The summed E-state index contributed by atoms with van der Waals surface area (Å²) >= 11 is 2.14. The van der Waals surface area contributed by atoms with Gasteiger partial charge in [0.05, 0.1) is 0 Å². The molecule has 108 valence electrons. The zero-order chi connectivity index (χ0) is 12.9. The van der Waals surface area contributed by atoms with Crippen molar-refractivity contribution >= 4 is 11.8 Å². The molecule has 1 fully saturated rings. The van der Waals surface area contributed by atoms with E-state index in [1.807, 2.05) is 0 Å². The van der Waals surface area contributed by atoms with Crippen LogP contribution in [0.15, 0.2) is 0 Å². The minimum Gasteiger partial charge on any atom is -0.316 e. The quantitative estimate of drug-likeness (QED) is 0.539. The van der Waals surface area contributed by atoms with Gasteiger partial charge in [0.25, 0.3) is 0 Å². The van der Waals surface area contributed by atoms with E-state index in [4.69, 9.17) is 0 Å². The van der Waals surface area contributed by atoms with Gasteiger partial charge in [0.1, 0.15) is 0 Å². The average molecular weight is 272 g/mol. The van der Waals surface area contributed by atoms with Crippen molar-refractivity contribution in [1.29, 1.82) is 0 Å². The molecule has 1 N–H and O–H groups in total. The Hall–Kier alpha value is 0.310. The van der Waals surface area contributed by atoms with Crippen LogP contribution < -0.4 is 5.32 Å². The number of hydrogen-bond acceptors (Lipinski definition) is 2. The molecule has 0 aromatic carbocycles. The Morgan fingerprint density at radius 2 is 1.72 bits per heavy atom. The van der Waals surface area contributed by atoms with Gasteiger partial charge in [-0.15, -0.1) is 0 Å². The molecule has 1 aliphatic rings. The molecule has 1 atom stereocenters. The minimum atomic E-state index is 0.956. The lowest BCUT2D eigenvalue weighted by Gasteiger charge is -2.21. The van der Waals surface area contributed by atoms with Gasteiger partial charge in [0, 0.05) is 0 Å². The van der Waals surface area contributed by atoms with E-state index in [9.17, 15) is 0 Å². The normalized spacial score (nSPS) is 20.2. The molecule has 0 bridgehead atoms. The average Bonchev–Trinajstić information content (AvgIpc) is 2.42. The molecule has 1 aliphatic heterocycles. The highest BCUT2D eigenvalue weighted by atomic mass is 32.2. The Kier molecular flexibility index (Phi) is 11.2. The fraction of sp³-hybridized carbons (Fsp3) is 1.00. The van der Waals surface area contributed by atoms with Gasteiger partial charge in [-0.3, -0.25) is 0 Å². The predicted molar refractivity (Wildman–Crippen MR) is 85.5 cm³/mol. The summed E-state index contributed by atoms with van der Waals surface area (Å²) in [7, 11) is 0. The van der Waals surface area contributed by atoms with Crippen molar-refractivity contribution in [1.82, 2.24) is 5.32 Å². The molecule has 0 saturated carbocycles. The fourth-order valence-corrected chi connectivity index (χ4v) is 3.81. The first-order valence-electron chi connectivity index (χ1n) is 8.22. The van der Waals surface area contributed by atoms with Crippen LogP contribution in [0, 0.1) is 5.92 Å². The third-order valence-corrected chi connectivity index (χ3v) is 5.18. The van der Waals surface area contributed by atoms with Crippen LogP contribution >= 0.6 is 11.8 Å². The maximum absolute atomic E-state index is 3.65. The summed E-state index contributed by atoms with van der Waals surface area (Å²) in [5.74, 6) is 3.75. The number of nitrogens with one attached hydrogen (secondary N) is 1. The molecule has 18 heavy (non-hydrogen) atoms. The highest BCUT2D eigenvalue weighted by Crippen LogP contribution is 2.21. The second-order valence-corrected chi connectivity index (χ2v) is 6.91. The Balaban J connectivity index is 1.73. The minimum absolute atomic E-state index is 0.956. The van der Waals surface area contributed by atoms with Crippen LogP contribution in [0.4, 0.5) is 0 Å². The first kappa shape index (κ1) is 16.4. The van der Waals surface area contributed by atoms with E-state index in [-0.39, 0.29) is 0 Å². The molecule has 0 spiro atoms. The number of thioether (sulfide) groups is 1. The summed E-state index contributed by atoms with van der Waals surface area (Å²) in [5, 5.41) is 3.65. The molecule has 1 nitrogen and oxygen atoms in total. The van der Waals surface area contributed by atoms with Crippen molar-refractivity contribution in [3.05, 3.63) is 0 Å². The smallest absolute Gasteiger partial charge is 0.00126 e. The van der Waals surface area contributed by atoms with E-state index in [2.05, 4.69) is 24.0 Å². The molecule has 1 rings (SSSR count). The summed E-state index contributed by atoms with van der Waals surface area (Å²) in [6.45, 7) is 4.80. The van der Waals surface area contributed by atoms with E-state index in [1.54, 1.807) is 0 Å². The summed E-state index contributed by atoms with van der Waals surface area (Å²) in [5.41, 5.74) is 0. The topological polar surface area (TPSA) is 12.0 Å². The summed E-state index contributed by atoms with van der Waals surface area (Å²) in [6.07, 6.45) is 14.3. The Morgan fingerprint density at radius 3 is 2.39 bits per heavy atom. The van der Waals surface area contributed by atoms with Gasteiger partial charge in [0.15, 0.2) is 0 Å². The second-order valence-electron chi connectivity index (χ2n) is 5.76. The van der Waals surface area contributed by atoms with Crippen LogP contribution in [0.2, 0.25) is 0 Å². The van der Waals surface area contributed by atoms with E-state index >= 15 is 0 Å². The zero-order valence-corrected chi connectivity index (χ0v) is 13.2. The van der Waals surface area contributed by atoms with Crippen LogP contribution in [0.1, 0.15) is 71.1 Å².